The van der Waals surface area contributed by atoms with Gasteiger partial charge in [-0.15, -0.1) is 0 Å². The van der Waals surface area contributed by atoms with E-state index in [4.69, 9.17) is 0 Å². The highest BCUT2D eigenvalue weighted by Gasteiger charge is 2.30. The third-order valence-electron chi connectivity index (χ3n) is 4.17. The molecule has 0 aliphatic carbocycles. The standard InChI is InChI=1S/C19H34N2/c1-8-21(16(2)3)15-19(7,14-20-18(4,5)6)17-12-10-9-11-13-17/h9-13,16,20H,8,14-15H2,1-7H3. The van der Waals surface area contributed by atoms with E-state index >= 15 is 0 Å². The zero-order valence-corrected chi connectivity index (χ0v) is 15.0. The number of hydrogen-bond acceptors (Lipinski definition) is 2. The molecule has 0 saturated heterocycles. The lowest BCUT2D eigenvalue weighted by Crippen LogP contribution is -2.51. The molecule has 0 aliphatic heterocycles. The Bertz CT molecular complexity index is 405. The summed E-state index contributed by atoms with van der Waals surface area (Å²) in [6.45, 7) is 19.1. The summed E-state index contributed by atoms with van der Waals surface area (Å²) in [6.07, 6.45) is 0. The van der Waals surface area contributed by atoms with Crippen LogP contribution in [0, 0.1) is 0 Å². The molecule has 0 radical (unpaired) electrons. The average Bonchev–Trinajstić information content (AvgIpc) is 2.42. The van der Waals surface area contributed by atoms with E-state index in [0.717, 1.165) is 19.6 Å². The maximum atomic E-state index is 3.70. The quantitative estimate of drug-likeness (QED) is 0.814. The molecule has 2 heteroatoms. The Kier molecular flexibility index (Phi) is 6.42. The summed E-state index contributed by atoms with van der Waals surface area (Å²) in [5, 5.41) is 3.70. The number of rotatable bonds is 7. The fraction of sp³-hybridized carbons (Fsp3) is 0.684. The van der Waals surface area contributed by atoms with Crippen LogP contribution in [0.3, 0.4) is 0 Å². The second-order valence-electron chi connectivity index (χ2n) is 7.69. The number of benzene rings is 1. The molecule has 1 unspecified atom stereocenters. The fourth-order valence-electron chi connectivity index (χ4n) is 2.66. The summed E-state index contributed by atoms with van der Waals surface area (Å²) < 4.78 is 0. The van der Waals surface area contributed by atoms with Crippen LogP contribution in [0.15, 0.2) is 30.3 Å². The van der Waals surface area contributed by atoms with E-state index in [1.165, 1.54) is 5.56 Å². The molecule has 0 spiro atoms. The van der Waals surface area contributed by atoms with Crippen molar-refractivity contribution in [3.8, 4) is 0 Å². The zero-order valence-electron chi connectivity index (χ0n) is 15.0. The minimum Gasteiger partial charge on any atom is -0.311 e. The van der Waals surface area contributed by atoms with Crippen LogP contribution in [-0.4, -0.2) is 36.1 Å². The zero-order chi connectivity index (χ0) is 16.1. The van der Waals surface area contributed by atoms with Crippen LogP contribution in [0.5, 0.6) is 0 Å². The summed E-state index contributed by atoms with van der Waals surface area (Å²) in [5.41, 5.74) is 1.68. The van der Waals surface area contributed by atoms with Gasteiger partial charge in [0.05, 0.1) is 0 Å². The maximum absolute atomic E-state index is 3.70. The molecule has 2 nitrogen and oxygen atoms in total. The molecule has 0 amide bonds. The summed E-state index contributed by atoms with van der Waals surface area (Å²) in [7, 11) is 0. The van der Waals surface area contributed by atoms with E-state index < -0.39 is 0 Å². The Morgan fingerprint density at radius 1 is 1.05 bits per heavy atom. The van der Waals surface area contributed by atoms with E-state index in [2.05, 4.69) is 89.0 Å². The van der Waals surface area contributed by atoms with Crippen LogP contribution in [0.25, 0.3) is 0 Å². The Labute approximate surface area is 131 Å². The summed E-state index contributed by atoms with van der Waals surface area (Å²) in [5.74, 6) is 0. The van der Waals surface area contributed by atoms with Crippen molar-refractivity contribution in [2.75, 3.05) is 19.6 Å². The molecule has 0 bridgehead atoms. The normalized spacial score (nSPS) is 15.5. The molecule has 1 aromatic carbocycles. The molecule has 0 saturated carbocycles. The monoisotopic (exact) mass is 290 g/mol. The first-order chi connectivity index (χ1) is 9.68. The van der Waals surface area contributed by atoms with Crippen LogP contribution in [0.1, 0.15) is 54.0 Å². The predicted molar refractivity (Wildman–Crippen MR) is 93.9 cm³/mol. The van der Waals surface area contributed by atoms with Crippen molar-refractivity contribution in [2.45, 2.75) is 65.5 Å². The van der Waals surface area contributed by atoms with Gasteiger partial charge in [-0.1, -0.05) is 44.2 Å². The molecular weight excluding hydrogens is 256 g/mol. The highest BCUT2D eigenvalue weighted by molar-refractivity contribution is 5.26. The van der Waals surface area contributed by atoms with E-state index in [-0.39, 0.29) is 11.0 Å². The van der Waals surface area contributed by atoms with Gasteiger partial charge in [-0.2, -0.15) is 0 Å². The number of nitrogens with zero attached hydrogens (tertiary/aromatic N) is 1. The minimum atomic E-state index is 0.120. The van der Waals surface area contributed by atoms with Crippen LogP contribution in [0.2, 0.25) is 0 Å². The Morgan fingerprint density at radius 2 is 1.62 bits per heavy atom. The maximum Gasteiger partial charge on any atom is 0.0177 e. The molecular formula is C19H34N2. The molecule has 1 aromatic rings. The summed E-state index contributed by atoms with van der Waals surface area (Å²) in [4.78, 5) is 2.55. The van der Waals surface area contributed by atoms with Crippen LogP contribution >= 0.6 is 0 Å². The first kappa shape index (κ1) is 18.2. The van der Waals surface area contributed by atoms with E-state index in [1.807, 2.05) is 0 Å². The lowest BCUT2D eigenvalue weighted by atomic mass is 9.80. The SMILES string of the molecule is CCN(CC(C)(CNC(C)(C)C)c1ccccc1)C(C)C. The highest BCUT2D eigenvalue weighted by atomic mass is 15.2. The average molecular weight is 290 g/mol. The number of hydrogen-bond donors (Lipinski definition) is 1. The number of nitrogens with one attached hydrogen (secondary N) is 1. The topological polar surface area (TPSA) is 15.3 Å². The van der Waals surface area contributed by atoms with Crippen molar-refractivity contribution < 1.29 is 0 Å². The molecule has 120 valence electrons. The Balaban J connectivity index is 2.99. The van der Waals surface area contributed by atoms with E-state index in [0.29, 0.717) is 6.04 Å². The fourth-order valence-corrected chi connectivity index (χ4v) is 2.66. The Hall–Kier alpha value is -0.860. The third kappa shape index (κ3) is 5.80. The third-order valence-corrected chi connectivity index (χ3v) is 4.17. The second-order valence-corrected chi connectivity index (χ2v) is 7.69. The largest absolute Gasteiger partial charge is 0.311 e. The molecule has 0 heterocycles. The van der Waals surface area contributed by atoms with Crippen molar-refractivity contribution in [1.82, 2.24) is 10.2 Å². The van der Waals surface area contributed by atoms with Gasteiger partial charge in [0.1, 0.15) is 0 Å². The summed E-state index contributed by atoms with van der Waals surface area (Å²) in [6, 6.07) is 11.5. The second kappa shape index (κ2) is 7.42. The van der Waals surface area contributed by atoms with Crippen molar-refractivity contribution >= 4 is 0 Å². The van der Waals surface area contributed by atoms with Gasteiger partial charge in [-0.05, 0) is 46.7 Å². The molecule has 0 fully saturated rings. The molecule has 1 atom stereocenters. The van der Waals surface area contributed by atoms with Crippen LogP contribution in [-0.2, 0) is 5.41 Å². The highest BCUT2D eigenvalue weighted by Crippen LogP contribution is 2.26. The van der Waals surface area contributed by atoms with Gasteiger partial charge in [0.2, 0.25) is 0 Å². The summed E-state index contributed by atoms with van der Waals surface area (Å²) >= 11 is 0. The van der Waals surface area contributed by atoms with Gasteiger partial charge >= 0.3 is 0 Å². The van der Waals surface area contributed by atoms with Gasteiger partial charge in [0.15, 0.2) is 0 Å². The Morgan fingerprint density at radius 3 is 2.05 bits per heavy atom. The molecule has 0 aromatic heterocycles. The van der Waals surface area contributed by atoms with E-state index in [1.54, 1.807) is 0 Å². The van der Waals surface area contributed by atoms with Crippen LogP contribution < -0.4 is 5.32 Å². The van der Waals surface area contributed by atoms with Gasteiger partial charge in [0, 0.05) is 30.1 Å². The lowest BCUT2D eigenvalue weighted by molar-refractivity contribution is 0.174. The van der Waals surface area contributed by atoms with Crippen molar-refractivity contribution in [3.63, 3.8) is 0 Å². The minimum absolute atomic E-state index is 0.120. The van der Waals surface area contributed by atoms with Gasteiger partial charge in [-0.3, -0.25) is 0 Å². The van der Waals surface area contributed by atoms with Crippen LogP contribution in [0.4, 0.5) is 0 Å². The molecule has 1 rings (SSSR count). The van der Waals surface area contributed by atoms with Crippen molar-refractivity contribution in [1.29, 1.82) is 0 Å². The van der Waals surface area contributed by atoms with Crippen molar-refractivity contribution in [3.05, 3.63) is 35.9 Å². The molecule has 21 heavy (non-hydrogen) atoms. The first-order valence-electron chi connectivity index (χ1n) is 8.22. The van der Waals surface area contributed by atoms with Gasteiger partial charge < -0.3 is 10.2 Å². The van der Waals surface area contributed by atoms with Crippen molar-refractivity contribution in [2.24, 2.45) is 0 Å². The smallest absolute Gasteiger partial charge is 0.0177 e. The van der Waals surface area contributed by atoms with Gasteiger partial charge in [-0.25, -0.2) is 0 Å². The predicted octanol–water partition coefficient (Wildman–Crippen LogP) is 4.06. The first-order valence-corrected chi connectivity index (χ1v) is 8.22. The lowest BCUT2D eigenvalue weighted by Gasteiger charge is -2.39. The molecule has 0 aliphatic rings. The molecule has 1 N–H and O–H groups in total. The number of likely N-dealkylation sites (N-methyl/N-ethyl adjacent to an activating group) is 1. The van der Waals surface area contributed by atoms with Gasteiger partial charge in [0.25, 0.3) is 0 Å². The van der Waals surface area contributed by atoms with E-state index in [9.17, 15) is 0 Å².